The second-order valence-corrected chi connectivity index (χ2v) is 10.3. The van der Waals surface area contributed by atoms with Crippen molar-refractivity contribution in [1.29, 1.82) is 0 Å². The molecule has 1 aromatic heterocycles. The fourth-order valence-electron chi connectivity index (χ4n) is 4.78. The molecule has 0 aliphatic rings. The van der Waals surface area contributed by atoms with Crippen molar-refractivity contribution in [3.63, 3.8) is 0 Å². The van der Waals surface area contributed by atoms with Crippen LogP contribution in [0.15, 0.2) is 97.1 Å². The molecule has 1 heterocycles. The zero-order valence-corrected chi connectivity index (χ0v) is 23.7. The molecule has 0 unspecified atom stereocenters. The van der Waals surface area contributed by atoms with Gasteiger partial charge >= 0.3 is 0 Å². The van der Waals surface area contributed by atoms with Crippen LogP contribution in [-0.2, 0) is 22.7 Å². The first-order valence-electron chi connectivity index (χ1n) is 13.7. The maximum absolute atomic E-state index is 14.1. The average molecular weight is 566 g/mol. The van der Waals surface area contributed by atoms with Gasteiger partial charge in [-0.25, -0.2) is 9.07 Å². The number of nitrogens with zero attached hydrogens (tertiary/aromatic N) is 4. The second kappa shape index (κ2) is 12.6. The second-order valence-electron chi connectivity index (χ2n) is 10.3. The summed E-state index contributed by atoms with van der Waals surface area (Å²) in [5, 5.41) is 11.3. The summed E-state index contributed by atoms with van der Waals surface area (Å²) in [6.07, 6.45) is 0. The van der Waals surface area contributed by atoms with E-state index in [2.05, 4.69) is 29.5 Å². The number of methoxy groups -OCH3 is 1. The first-order chi connectivity index (χ1) is 20.3. The van der Waals surface area contributed by atoms with Gasteiger partial charge < -0.3 is 15.0 Å². The van der Waals surface area contributed by atoms with Crippen molar-refractivity contribution in [1.82, 2.24) is 19.9 Å². The van der Waals surface area contributed by atoms with Crippen LogP contribution in [0.25, 0.3) is 11.0 Å². The number of nitrogens with one attached hydrogen (secondary N) is 1. The van der Waals surface area contributed by atoms with Crippen molar-refractivity contribution in [2.24, 2.45) is 0 Å². The standard InChI is InChI=1S/C33H32FN5O3/c1-22(2)24-10-12-25(13-11-24)32(33(41)35-27-16-18-28(42-3)19-17-27)38(20-23-8-14-26(34)15-9-23)31(40)21-39-30-7-5-4-6-29(30)36-37-39/h4-19,22,32H,20-21H2,1-3H3,(H,35,41)/t32-/m0/s1. The van der Waals surface area contributed by atoms with Crippen LogP contribution in [-0.4, -0.2) is 38.8 Å². The Bertz CT molecular complexity index is 1670. The number of halogens is 1. The highest BCUT2D eigenvalue weighted by atomic mass is 19.1. The number of hydrogen-bond acceptors (Lipinski definition) is 5. The lowest BCUT2D eigenvalue weighted by atomic mass is 9.97. The van der Waals surface area contributed by atoms with Crippen LogP contribution in [0, 0.1) is 5.82 Å². The summed E-state index contributed by atoms with van der Waals surface area (Å²) < 4.78 is 20.5. The Labute approximate surface area is 243 Å². The van der Waals surface area contributed by atoms with E-state index in [-0.39, 0.29) is 24.8 Å². The number of rotatable bonds is 10. The van der Waals surface area contributed by atoms with Gasteiger partial charge in [-0.05, 0) is 71.1 Å². The predicted molar refractivity (Wildman–Crippen MR) is 159 cm³/mol. The average Bonchev–Trinajstić information content (AvgIpc) is 3.41. The minimum absolute atomic E-state index is 0.0678. The van der Waals surface area contributed by atoms with Gasteiger partial charge in [-0.15, -0.1) is 5.10 Å². The summed E-state index contributed by atoms with van der Waals surface area (Å²) in [6, 6.07) is 26.9. The molecule has 0 aliphatic heterocycles. The van der Waals surface area contributed by atoms with E-state index < -0.39 is 11.9 Å². The maximum atomic E-state index is 14.1. The number of para-hydroxylation sites is 1. The van der Waals surface area contributed by atoms with E-state index in [1.807, 2.05) is 48.5 Å². The number of amides is 2. The third-order valence-electron chi connectivity index (χ3n) is 7.13. The minimum atomic E-state index is -0.999. The molecule has 0 bridgehead atoms. The first kappa shape index (κ1) is 28.5. The van der Waals surface area contributed by atoms with E-state index in [1.54, 1.807) is 43.5 Å². The summed E-state index contributed by atoms with van der Waals surface area (Å²) in [6.45, 7) is 4.11. The fraction of sp³-hybridized carbons (Fsp3) is 0.212. The van der Waals surface area contributed by atoms with Gasteiger partial charge in [-0.1, -0.05) is 67.6 Å². The van der Waals surface area contributed by atoms with Crippen LogP contribution in [0.4, 0.5) is 10.1 Å². The number of ether oxygens (including phenoxy) is 1. The van der Waals surface area contributed by atoms with E-state index in [0.29, 0.717) is 39.5 Å². The van der Waals surface area contributed by atoms with Gasteiger partial charge in [-0.3, -0.25) is 9.59 Å². The highest BCUT2D eigenvalue weighted by Gasteiger charge is 2.32. The van der Waals surface area contributed by atoms with Crippen molar-refractivity contribution >= 4 is 28.5 Å². The lowest BCUT2D eigenvalue weighted by Gasteiger charge is -2.32. The van der Waals surface area contributed by atoms with E-state index >= 15 is 0 Å². The highest BCUT2D eigenvalue weighted by Crippen LogP contribution is 2.28. The van der Waals surface area contributed by atoms with Gasteiger partial charge in [-0.2, -0.15) is 0 Å². The molecule has 9 heteroatoms. The van der Waals surface area contributed by atoms with Gasteiger partial charge in [0.05, 0.1) is 12.6 Å². The summed E-state index contributed by atoms with van der Waals surface area (Å²) >= 11 is 0. The number of hydrogen-bond donors (Lipinski definition) is 1. The Morgan fingerprint density at radius 2 is 1.57 bits per heavy atom. The third-order valence-corrected chi connectivity index (χ3v) is 7.13. The Morgan fingerprint density at radius 3 is 2.24 bits per heavy atom. The van der Waals surface area contributed by atoms with Crippen LogP contribution in [0.2, 0.25) is 0 Å². The van der Waals surface area contributed by atoms with Gasteiger partial charge in [0.2, 0.25) is 5.91 Å². The predicted octanol–water partition coefficient (Wildman–Crippen LogP) is 6.11. The van der Waals surface area contributed by atoms with Crippen molar-refractivity contribution in [3.8, 4) is 5.75 Å². The molecule has 0 saturated heterocycles. The van der Waals surface area contributed by atoms with Crippen LogP contribution < -0.4 is 10.1 Å². The molecule has 0 aliphatic carbocycles. The van der Waals surface area contributed by atoms with E-state index in [1.165, 1.54) is 21.7 Å². The lowest BCUT2D eigenvalue weighted by Crippen LogP contribution is -2.42. The molecule has 8 nitrogen and oxygen atoms in total. The number of benzene rings is 4. The molecule has 5 aromatic rings. The Morgan fingerprint density at radius 1 is 0.905 bits per heavy atom. The minimum Gasteiger partial charge on any atom is -0.497 e. The zero-order valence-electron chi connectivity index (χ0n) is 23.7. The first-order valence-corrected chi connectivity index (χ1v) is 13.7. The molecular formula is C33H32FN5O3. The largest absolute Gasteiger partial charge is 0.497 e. The molecule has 0 radical (unpaired) electrons. The van der Waals surface area contributed by atoms with Crippen molar-refractivity contribution < 1.29 is 18.7 Å². The molecule has 42 heavy (non-hydrogen) atoms. The molecular weight excluding hydrogens is 533 g/mol. The Hall–Kier alpha value is -5.05. The van der Waals surface area contributed by atoms with E-state index in [9.17, 15) is 14.0 Å². The SMILES string of the molecule is COc1ccc(NC(=O)[C@H](c2ccc(C(C)C)cc2)N(Cc2ccc(F)cc2)C(=O)Cn2nnc3ccccc32)cc1. The van der Waals surface area contributed by atoms with E-state index in [0.717, 1.165) is 5.56 Å². The normalized spacial score (nSPS) is 11.8. The molecule has 2 amide bonds. The summed E-state index contributed by atoms with van der Waals surface area (Å²) in [5.41, 5.74) is 4.35. The topological polar surface area (TPSA) is 89.4 Å². The van der Waals surface area contributed by atoms with Crippen LogP contribution >= 0.6 is 0 Å². The molecule has 0 saturated carbocycles. The molecule has 4 aromatic carbocycles. The Kier molecular flexibility index (Phi) is 8.57. The van der Waals surface area contributed by atoms with Gasteiger partial charge in [0.25, 0.3) is 5.91 Å². The molecule has 1 N–H and O–H groups in total. The Balaban J connectivity index is 1.55. The van der Waals surface area contributed by atoms with Gasteiger partial charge in [0.15, 0.2) is 0 Å². The van der Waals surface area contributed by atoms with E-state index in [4.69, 9.17) is 4.74 Å². The highest BCUT2D eigenvalue weighted by molar-refractivity contribution is 5.98. The number of anilines is 1. The molecule has 5 rings (SSSR count). The van der Waals surface area contributed by atoms with Crippen molar-refractivity contribution in [3.05, 3.63) is 120 Å². The zero-order chi connectivity index (χ0) is 29.6. The molecule has 214 valence electrons. The number of carbonyl (C=O) groups excluding carboxylic acids is 2. The third kappa shape index (κ3) is 6.46. The smallest absolute Gasteiger partial charge is 0.251 e. The summed E-state index contributed by atoms with van der Waals surface area (Å²) in [4.78, 5) is 29.7. The van der Waals surface area contributed by atoms with Crippen LogP contribution in [0.5, 0.6) is 5.75 Å². The maximum Gasteiger partial charge on any atom is 0.251 e. The number of fused-ring (bicyclic) bond motifs is 1. The van der Waals surface area contributed by atoms with Crippen molar-refractivity contribution in [2.75, 3.05) is 12.4 Å². The fourth-order valence-corrected chi connectivity index (χ4v) is 4.78. The monoisotopic (exact) mass is 565 g/mol. The molecule has 0 spiro atoms. The van der Waals surface area contributed by atoms with Crippen LogP contribution in [0.1, 0.15) is 42.5 Å². The molecule has 1 atom stereocenters. The lowest BCUT2D eigenvalue weighted by molar-refractivity contribution is -0.140. The quantitative estimate of drug-likeness (QED) is 0.221. The summed E-state index contributed by atoms with van der Waals surface area (Å²) in [7, 11) is 1.57. The van der Waals surface area contributed by atoms with Gasteiger partial charge in [0, 0.05) is 12.2 Å². The number of carbonyl (C=O) groups is 2. The van der Waals surface area contributed by atoms with Crippen LogP contribution in [0.3, 0.4) is 0 Å². The van der Waals surface area contributed by atoms with Crippen molar-refractivity contribution in [2.45, 2.75) is 38.9 Å². The summed E-state index contributed by atoms with van der Waals surface area (Å²) in [5.74, 6) is -0.178. The molecule has 0 fully saturated rings. The number of aromatic nitrogens is 3. The van der Waals surface area contributed by atoms with Gasteiger partial charge in [0.1, 0.15) is 29.7 Å².